The highest BCUT2D eigenvalue weighted by Gasteiger charge is 2.25. The fourth-order valence-electron chi connectivity index (χ4n) is 2.62. The number of rotatable bonds is 5. The Kier molecular flexibility index (Phi) is 4.92. The van der Waals surface area contributed by atoms with Crippen LogP contribution in [-0.4, -0.2) is 43.7 Å². The Morgan fingerprint density at radius 1 is 1.36 bits per heavy atom. The van der Waals surface area contributed by atoms with Crippen molar-refractivity contribution in [2.75, 3.05) is 32.8 Å². The van der Waals surface area contributed by atoms with Crippen molar-refractivity contribution < 1.29 is 13.9 Å². The second-order valence-corrected chi connectivity index (χ2v) is 6.25. The fraction of sp³-hybridized carbons (Fsp3) is 0.438. The lowest BCUT2D eigenvalue weighted by Crippen LogP contribution is -2.43. The van der Waals surface area contributed by atoms with Gasteiger partial charge in [-0.3, -0.25) is 9.69 Å². The molecule has 1 aliphatic heterocycles. The maximum atomic E-state index is 12.2. The third-order valence-corrected chi connectivity index (χ3v) is 4.65. The van der Waals surface area contributed by atoms with Crippen molar-refractivity contribution >= 4 is 17.2 Å². The monoisotopic (exact) mass is 320 g/mol. The molecule has 0 bridgehead atoms. The largest absolute Gasteiger partial charge is 0.465 e. The molecule has 3 rings (SSSR count). The van der Waals surface area contributed by atoms with Gasteiger partial charge in [0.25, 0.3) is 5.91 Å². The molecular weight excluding hydrogens is 300 g/mol. The number of thiophene rings is 1. The number of amides is 1. The van der Waals surface area contributed by atoms with Gasteiger partial charge in [0.05, 0.1) is 24.1 Å². The molecule has 1 fully saturated rings. The van der Waals surface area contributed by atoms with Crippen molar-refractivity contribution in [3.63, 3.8) is 0 Å². The summed E-state index contributed by atoms with van der Waals surface area (Å²) >= 11 is 1.45. The molecule has 0 unspecified atom stereocenters. The van der Waals surface area contributed by atoms with Crippen LogP contribution in [0.15, 0.2) is 34.1 Å². The zero-order chi connectivity index (χ0) is 15.4. The summed E-state index contributed by atoms with van der Waals surface area (Å²) < 4.78 is 11.2. The Bertz CT molecular complexity index is 603. The van der Waals surface area contributed by atoms with E-state index in [-0.39, 0.29) is 11.9 Å². The second-order valence-electron chi connectivity index (χ2n) is 5.30. The first kappa shape index (κ1) is 15.3. The van der Waals surface area contributed by atoms with Crippen LogP contribution in [0.2, 0.25) is 0 Å². The van der Waals surface area contributed by atoms with Gasteiger partial charge in [-0.2, -0.15) is 0 Å². The minimum atomic E-state index is -0.0310. The van der Waals surface area contributed by atoms with Gasteiger partial charge in [0.2, 0.25) is 0 Å². The maximum Gasteiger partial charge on any atom is 0.261 e. The van der Waals surface area contributed by atoms with E-state index >= 15 is 0 Å². The van der Waals surface area contributed by atoms with Crippen LogP contribution in [0.4, 0.5) is 0 Å². The molecule has 118 valence electrons. The summed E-state index contributed by atoms with van der Waals surface area (Å²) in [6.45, 7) is 5.59. The Balaban J connectivity index is 1.69. The van der Waals surface area contributed by atoms with Gasteiger partial charge < -0.3 is 14.5 Å². The SMILES string of the molecule is Cc1ccc([C@H](CNC(=O)c2cccs2)N2CCOCC2)o1. The first-order valence-corrected chi connectivity index (χ1v) is 8.32. The molecule has 3 heterocycles. The molecule has 6 heteroatoms. The molecule has 2 aromatic rings. The van der Waals surface area contributed by atoms with E-state index in [9.17, 15) is 4.79 Å². The van der Waals surface area contributed by atoms with Crippen molar-refractivity contribution in [2.45, 2.75) is 13.0 Å². The number of hydrogen-bond donors (Lipinski definition) is 1. The van der Waals surface area contributed by atoms with E-state index in [2.05, 4.69) is 10.2 Å². The standard InChI is InChI=1S/C16H20N2O3S/c1-12-4-5-14(21-12)13(18-6-8-20-9-7-18)11-17-16(19)15-3-2-10-22-15/h2-5,10,13H,6-9,11H2,1H3,(H,17,19)/t13-/m0/s1. The van der Waals surface area contributed by atoms with Crippen LogP contribution < -0.4 is 5.32 Å². The molecule has 0 radical (unpaired) electrons. The molecule has 22 heavy (non-hydrogen) atoms. The molecule has 5 nitrogen and oxygen atoms in total. The average Bonchev–Trinajstić information content (AvgIpc) is 3.20. The Morgan fingerprint density at radius 2 is 2.18 bits per heavy atom. The van der Waals surface area contributed by atoms with Crippen molar-refractivity contribution in [3.8, 4) is 0 Å². The molecule has 0 aliphatic carbocycles. The summed E-state index contributed by atoms with van der Waals surface area (Å²) in [7, 11) is 0. The minimum absolute atomic E-state index is 0.0310. The van der Waals surface area contributed by atoms with Gasteiger partial charge in [-0.15, -0.1) is 11.3 Å². The normalized spacial score (nSPS) is 17.3. The van der Waals surface area contributed by atoms with Crippen molar-refractivity contribution in [3.05, 3.63) is 46.0 Å². The zero-order valence-electron chi connectivity index (χ0n) is 12.6. The quantitative estimate of drug-likeness (QED) is 0.919. The van der Waals surface area contributed by atoms with Crippen LogP contribution in [0.5, 0.6) is 0 Å². The number of ether oxygens (including phenoxy) is 1. The minimum Gasteiger partial charge on any atom is -0.465 e. The third-order valence-electron chi connectivity index (χ3n) is 3.78. The van der Waals surface area contributed by atoms with Gasteiger partial charge in [-0.25, -0.2) is 0 Å². The van der Waals surface area contributed by atoms with E-state index in [1.165, 1.54) is 11.3 Å². The number of carbonyl (C=O) groups excluding carboxylic acids is 1. The summed E-state index contributed by atoms with van der Waals surface area (Å²) in [5.41, 5.74) is 0. The predicted octanol–water partition coefficient (Wildman–Crippen LogP) is 2.45. The molecule has 0 aromatic carbocycles. The van der Waals surface area contributed by atoms with E-state index < -0.39 is 0 Å². The summed E-state index contributed by atoms with van der Waals surface area (Å²) in [4.78, 5) is 15.2. The number of carbonyl (C=O) groups is 1. The topological polar surface area (TPSA) is 54.7 Å². The van der Waals surface area contributed by atoms with E-state index in [4.69, 9.17) is 9.15 Å². The smallest absolute Gasteiger partial charge is 0.261 e. The van der Waals surface area contributed by atoms with Crippen LogP contribution in [-0.2, 0) is 4.74 Å². The average molecular weight is 320 g/mol. The Morgan fingerprint density at radius 3 is 2.82 bits per heavy atom. The lowest BCUT2D eigenvalue weighted by Gasteiger charge is -2.33. The number of nitrogens with one attached hydrogen (secondary N) is 1. The fourth-order valence-corrected chi connectivity index (χ4v) is 3.26. The molecule has 0 saturated carbocycles. The summed E-state index contributed by atoms with van der Waals surface area (Å²) in [5, 5.41) is 4.93. The van der Waals surface area contributed by atoms with Gasteiger partial charge in [-0.05, 0) is 30.5 Å². The molecule has 1 aliphatic rings. The van der Waals surface area contributed by atoms with E-state index in [1.54, 1.807) is 0 Å². The van der Waals surface area contributed by atoms with Crippen molar-refractivity contribution in [1.29, 1.82) is 0 Å². The van der Waals surface area contributed by atoms with Crippen LogP contribution in [0.3, 0.4) is 0 Å². The lowest BCUT2D eigenvalue weighted by molar-refractivity contribution is 0.0117. The highest BCUT2D eigenvalue weighted by molar-refractivity contribution is 7.12. The van der Waals surface area contributed by atoms with Crippen LogP contribution in [0.25, 0.3) is 0 Å². The number of morpholine rings is 1. The third kappa shape index (κ3) is 3.58. The Hall–Kier alpha value is -1.63. The predicted molar refractivity (Wildman–Crippen MR) is 85.2 cm³/mol. The second kappa shape index (κ2) is 7.09. The summed E-state index contributed by atoms with van der Waals surface area (Å²) in [6, 6.07) is 7.72. The van der Waals surface area contributed by atoms with E-state index in [1.807, 2.05) is 36.6 Å². The first-order chi connectivity index (χ1) is 10.7. The summed E-state index contributed by atoms with van der Waals surface area (Å²) in [5.74, 6) is 1.75. The first-order valence-electron chi connectivity index (χ1n) is 7.44. The molecule has 0 spiro atoms. The van der Waals surface area contributed by atoms with Gasteiger partial charge in [0.1, 0.15) is 11.5 Å². The highest BCUT2D eigenvalue weighted by Crippen LogP contribution is 2.23. The number of hydrogen-bond acceptors (Lipinski definition) is 5. The van der Waals surface area contributed by atoms with Gasteiger partial charge in [-0.1, -0.05) is 6.07 Å². The van der Waals surface area contributed by atoms with E-state index in [0.29, 0.717) is 6.54 Å². The molecular formula is C16H20N2O3S. The van der Waals surface area contributed by atoms with Gasteiger partial charge in [0.15, 0.2) is 0 Å². The van der Waals surface area contributed by atoms with Crippen LogP contribution in [0.1, 0.15) is 27.2 Å². The van der Waals surface area contributed by atoms with Gasteiger partial charge in [0, 0.05) is 19.6 Å². The number of furan rings is 1. The van der Waals surface area contributed by atoms with Crippen LogP contribution in [0, 0.1) is 6.92 Å². The lowest BCUT2D eigenvalue weighted by atomic mass is 10.1. The van der Waals surface area contributed by atoms with E-state index in [0.717, 1.165) is 42.7 Å². The molecule has 1 atom stereocenters. The van der Waals surface area contributed by atoms with Gasteiger partial charge >= 0.3 is 0 Å². The summed E-state index contributed by atoms with van der Waals surface area (Å²) in [6.07, 6.45) is 0. The molecule has 1 amide bonds. The highest BCUT2D eigenvalue weighted by atomic mass is 32.1. The molecule has 1 saturated heterocycles. The number of nitrogens with zero attached hydrogens (tertiary/aromatic N) is 1. The Labute approximate surface area is 133 Å². The molecule has 2 aromatic heterocycles. The van der Waals surface area contributed by atoms with Crippen molar-refractivity contribution in [1.82, 2.24) is 10.2 Å². The number of aryl methyl sites for hydroxylation is 1. The van der Waals surface area contributed by atoms with Crippen molar-refractivity contribution in [2.24, 2.45) is 0 Å². The van der Waals surface area contributed by atoms with Crippen LogP contribution >= 0.6 is 11.3 Å². The maximum absolute atomic E-state index is 12.2. The molecule has 1 N–H and O–H groups in total. The zero-order valence-corrected chi connectivity index (χ0v) is 13.4.